The minimum atomic E-state index is -0.328. The van der Waals surface area contributed by atoms with E-state index in [-0.39, 0.29) is 17.8 Å². The smallest absolute Gasteiger partial charge is 0.255 e. The van der Waals surface area contributed by atoms with Gasteiger partial charge in [0.1, 0.15) is 17.1 Å². The second-order valence-corrected chi connectivity index (χ2v) is 8.60. The molecular weight excluding hydrogens is 395 g/mol. The van der Waals surface area contributed by atoms with Crippen LogP contribution in [-0.4, -0.2) is 41.6 Å². The van der Waals surface area contributed by atoms with Gasteiger partial charge in [0.05, 0.1) is 17.7 Å². The highest BCUT2D eigenvalue weighted by molar-refractivity contribution is 6.09. The Hall–Kier alpha value is -2.93. The number of fused-ring (bicyclic) bond motifs is 1. The van der Waals surface area contributed by atoms with Crippen LogP contribution in [0.3, 0.4) is 0 Å². The van der Waals surface area contributed by atoms with Crippen molar-refractivity contribution in [3.8, 4) is 16.9 Å². The molecule has 0 bridgehead atoms. The lowest BCUT2D eigenvalue weighted by molar-refractivity contribution is 0.0930. The number of nitrogens with zero attached hydrogens (tertiary/aromatic N) is 1. The van der Waals surface area contributed by atoms with E-state index in [9.17, 15) is 9.18 Å². The van der Waals surface area contributed by atoms with Crippen molar-refractivity contribution >= 4 is 16.9 Å². The van der Waals surface area contributed by atoms with Gasteiger partial charge in [-0.1, -0.05) is 0 Å². The van der Waals surface area contributed by atoms with Gasteiger partial charge in [-0.15, -0.1) is 0 Å². The average Bonchev–Trinajstić information content (AvgIpc) is 3.53. The summed E-state index contributed by atoms with van der Waals surface area (Å²) >= 11 is 0. The van der Waals surface area contributed by atoms with Gasteiger partial charge < -0.3 is 20.4 Å². The molecule has 6 nitrogen and oxygen atoms in total. The number of hydrogen-bond acceptors (Lipinski definition) is 4. The SMILES string of the molecule is Cc1[nH]c2c(-c3cc(F)ccc3OCC3CC3)ccnc2c1C(=O)NC1CCNCC1. The number of pyridine rings is 1. The first-order valence-electron chi connectivity index (χ1n) is 11.0. The summed E-state index contributed by atoms with van der Waals surface area (Å²) in [6.07, 6.45) is 5.86. The van der Waals surface area contributed by atoms with Gasteiger partial charge in [0.2, 0.25) is 0 Å². The van der Waals surface area contributed by atoms with Crippen LogP contribution in [0.4, 0.5) is 4.39 Å². The van der Waals surface area contributed by atoms with Crippen LogP contribution in [-0.2, 0) is 0 Å². The quantitative estimate of drug-likeness (QED) is 0.562. The zero-order chi connectivity index (χ0) is 21.4. The zero-order valence-electron chi connectivity index (χ0n) is 17.6. The van der Waals surface area contributed by atoms with Crippen LogP contribution >= 0.6 is 0 Å². The molecule has 1 aromatic carbocycles. The van der Waals surface area contributed by atoms with Gasteiger partial charge in [-0.25, -0.2) is 4.39 Å². The van der Waals surface area contributed by atoms with E-state index in [1.165, 1.54) is 25.0 Å². The molecule has 7 heteroatoms. The molecule has 1 amide bonds. The minimum Gasteiger partial charge on any atom is -0.493 e. The number of aryl methyl sites for hydroxylation is 1. The number of ether oxygens (including phenoxy) is 1. The third kappa shape index (κ3) is 4.14. The third-order valence-corrected chi connectivity index (χ3v) is 6.18. The van der Waals surface area contributed by atoms with E-state index in [1.807, 2.05) is 13.0 Å². The van der Waals surface area contributed by atoms with Crippen molar-refractivity contribution in [3.63, 3.8) is 0 Å². The molecule has 1 saturated heterocycles. The van der Waals surface area contributed by atoms with E-state index in [2.05, 4.69) is 20.6 Å². The summed E-state index contributed by atoms with van der Waals surface area (Å²) in [5.74, 6) is 0.790. The first-order valence-corrected chi connectivity index (χ1v) is 11.0. The number of carbonyl (C=O) groups excluding carboxylic acids is 1. The molecule has 1 aliphatic carbocycles. The normalized spacial score (nSPS) is 17.1. The molecule has 3 heterocycles. The Morgan fingerprint density at radius 3 is 2.77 bits per heavy atom. The van der Waals surface area contributed by atoms with Crippen molar-refractivity contribution in [1.29, 1.82) is 0 Å². The Kier molecular flexibility index (Phi) is 5.36. The van der Waals surface area contributed by atoms with Gasteiger partial charge in [0.25, 0.3) is 5.91 Å². The standard InChI is InChI=1S/C24H27FN4O2/c1-14-21(24(30)29-17-6-9-26-10-7-17)23-22(28-14)18(8-11-27-23)19-12-16(25)4-5-20(19)31-13-15-2-3-15/h4-5,8,11-12,15,17,26,28H,2-3,6-7,9-10,13H2,1H3,(H,29,30). The maximum Gasteiger partial charge on any atom is 0.255 e. The number of piperidine rings is 1. The van der Waals surface area contributed by atoms with Crippen molar-refractivity contribution < 1.29 is 13.9 Å². The lowest BCUT2D eigenvalue weighted by atomic mass is 10.0. The van der Waals surface area contributed by atoms with Crippen LogP contribution in [0.2, 0.25) is 0 Å². The number of aromatic amines is 1. The summed E-state index contributed by atoms with van der Waals surface area (Å²) in [5.41, 5.74) is 4.06. The molecule has 2 aromatic heterocycles. The Morgan fingerprint density at radius 2 is 2.00 bits per heavy atom. The van der Waals surface area contributed by atoms with E-state index >= 15 is 0 Å². The minimum absolute atomic E-state index is 0.121. The van der Waals surface area contributed by atoms with Gasteiger partial charge in [0, 0.05) is 29.1 Å². The van der Waals surface area contributed by atoms with Gasteiger partial charge in [-0.3, -0.25) is 9.78 Å². The van der Waals surface area contributed by atoms with E-state index in [0.29, 0.717) is 34.9 Å². The molecule has 1 saturated carbocycles. The van der Waals surface area contributed by atoms with Crippen molar-refractivity contribution in [2.45, 2.75) is 38.6 Å². The molecule has 5 rings (SSSR count). The van der Waals surface area contributed by atoms with Crippen LogP contribution in [0, 0.1) is 18.7 Å². The largest absolute Gasteiger partial charge is 0.493 e. The number of halogens is 1. The van der Waals surface area contributed by atoms with Gasteiger partial charge >= 0.3 is 0 Å². The van der Waals surface area contributed by atoms with Crippen LogP contribution in [0.1, 0.15) is 41.7 Å². The van der Waals surface area contributed by atoms with Crippen molar-refractivity contribution in [3.05, 3.63) is 47.5 Å². The maximum absolute atomic E-state index is 14.2. The topological polar surface area (TPSA) is 79.0 Å². The van der Waals surface area contributed by atoms with Crippen LogP contribution < -0.4 is 15.4 Å². The molecule has 0 radical (unpaired) electrons. The molecular formula is C24H27FN4O2. The number of amides is 1. The zero-order valence-corrected chi connectivity index (χ0v) is 17.6. The van der Waals surface area contributed by atoms with Gasteiger partial charge in [0.15, 0.2) is 0 Å². The number of hydrogen-bond donors (Lipinski definition) is 3. The highest BCUT2D eigenvalue weighted by Crippen LogP contribution is 2.37. The molecule has 3 aromatic rings. The summed E-state index contributed by atoms with van der Waals surface area (Å²) in [6.45, 7) is 4.33. The Labute approximate surface area is 180 Å². The molecule has 0 atom stereocenters. The number of carbonyl (C=O) groups is 1. The summed E-state index contributed by atoms with van der Waals surface area (Å²) < 4.78 is 20.2. The Balaban J connectivity index is 1.52. The second-order valence-electron chi connectivity index (χ2n) is 8.60. The molecule has 31 heavy (non-hydrogen) atoms. The number of nitrogens with one attached hydrogen (secondary N) is 3. The lowest BCUT2D eigenvalue weighted by Crippen LogP contribution is -2.42. The van der Waals surface area contributed by atoms with Crippen LogP contribution in [0.15, 0.2) is 30.5 Å². The number of benzene rings is 1. The van der Waals surface area contributed by atoms with E-state index in [0.717, 1.165) is 42.7 Å². The second kappa shape index (κ2) is 8.30. The fourth-order valence-electron chi connectivity index (χ4n) is 4.26. The monoisotopic (exact) mass is 422 g/mol. The molecule has 0 unspecified atom stereocenters. The summed E-state index contributed by atoms with van der Waals surface area (Å²) in [7, 11) is 0. The van der Waals surface area contributed by atoms with Crippen molar-refractivity contribution in [1.82, 2.24) is 20.6 Å². The summed E-state index contributed by atoms with van der Waals surface area (Å²) in [4.78, 5) is 20.9. The average molecular weight is 423 g/mol. The molecule has 0 spiro atoms. The highest BCUT2D eigenvalue weighted by Gasteiger charge is 2.25. The van der Waals surface area contributed by atoms with E-state index < -0.39 is 0 Å². The predicted octanol–water partition coefficient (Wildman–Crippen LogP) is 3.95. The fraction of sp³-hybridized carbons (Fsp3) is 0.417. The predicted molar refractivity (Wildman–Crippen MR) is 118 cm³/mol. The number of rotatable bonds is 6. The van der Waals surface area contributed by atoms with Crippen LogP contribution in [0.5, 0.6) is 5.75 Å². The fourth-order valence-corrected chi connectivity index (χ4v) is 4.26. The van der Waals surface area contributed by atoms with E-state index in [4.69, 9.17) is 4.74 Å². The lowest BCUT2D eigenvalue weighted by Gasteiger charge is -2.23. The first-order chi connectivity index (χ1) is 15.1. The number of aromatic nitrogens is 2. The highest BCUT2D eigenvalue weighted by atomic mass is 19.1. The molecule has 1 aliphatic heterocycles. The van der Waals surface area contributed by atoms with Crippen molar-refractivity contribution in [2.75, 3.05) is 19.7 Å². The number of H-pyrrole nitrogens is 1. The maximum atomic E-state index is 14.2. The Bertz CT molecular complexity index is 1120. The van der Waals surface area contributed by atoms with Crippen molar-refractivity contribution in [2.24, 2.45) is 5.92 Å². The summed E-state index contributed by atoms with van der Waals surface area (Å²) in [5, 5.41) is 6.46. The first kappa shape index (κ1) is 20.0. The van der Waals surface area contributed by atoms with E-state index in [1.54, 1.807) is 12.3 Å². The molecule has 3 N–H and O–H groups in total. The molecule has 162 valence electrons. The van der Waals surface area contributed by atoms with Gasteiger partial charge in [-0.2, -0.15) is 0 Å². The Morgan fingerprint density at radius 1 is 1.19 bits per heavy atom. The molecule has 2 fully saturated rings. The summed E-state index contributed by atoms with van der Waals surface area (Å²) in [6, 6.07) is 6.59. The van der Waals surface area contributed by atoms with Crippen LogP contribution in [0.25, 0.3) is 22.2 Å². The molecule has 2 aliphatic rings. The van der Waals surface area contributed by atoms with Gasteiger partial charge in [-0.05, 0) is 75.9 Å². The third-order valence-electron chi connectivity index (χ3n) is 6.18.